The average molecular weight is 429 g/mol. The highest BCUT2D eigenvalue weighted by atomic mass is 19.1. The van der Waals surface area contributed by atoms with E-state index in [4.69, 9.17) is 4.98 Å². The van der Waals surface area contributed by atoms with Gasteiger partial charge in [0.1, 0.15) is 5.82 Å². The molecule has 0 radical (unpaired) electrons. The van der Waals surface area contributed by atoms with E-state index in [1.807, 2.05) is 47.7 Å². The molecule has 5 nitrogen and oxygen atoms in total. The van der Waals surface area contributed by atoms with Crippen LogP contribution in [0.15, 0.2) is 60.9 Å². The van der Waals surface area contributed by atoms with Gasteiger partial charge in [-0.3, -0.25) is 9.78 Å². The van der Waals surface area contributed by atoms with E-state index in [2.05, 4.69) is 11.1 Å². The molecule has 162 valence electrons. The fourth-order valence-electron chi connectivity index (χ4n) is 4.57. The first-order chi connectivity index (χ1) is 15.5. The molecule has 5 rings (SSSR count). The number of carbonyl (C=O) groups is 1. The summed E-state index contributed by atoms with van der Waals surface area (Å²) < 4.78 is 15.3. The van der Waals surface area contributed by atoms with Crippen molar-refractivity contribution in [3.05, 3.63) is 83.7 Å². The number of piperidine rings is 1. The Morgan fingerprint density at radius 2 is 1.88 bits per heavy atom. The number of pyridine rings is 1. The minimum Gasteiger partial charge on any atom is -0.338 e. The fourth-order valence-corrected chi connectivity index (χ4v) is 4.57. The van der Waals surface area contributed by atoms with Crippen molar-refractivity contribution in [2.45, 2.75) is 25.7 Å². The maximum Gasteiger partial charge on any atom is 0.253 e. The summed E-state index contributed by atoms with van der Waals surface area (Å²) in [5.41, 5.74) is 6.41. The molecule has 0 unspecified atom stereocenters. The van der Waals surface area contributed by atoms with Gasteiger partial charge in [-0.1, -0.05) is 12.1 Å². The Labute approximate surface area is 186 Å². The number of nitrogens with zero attached hydrogens (tertiary/aromatic N) is 4. The molecule has 1 aliphatic rings. The Morgan fingerprint density at radius 1 is 1.06 bits per heavy atom. The van der Waals surface area contributed by atoms with Gasteiger partial charge in [-0.25, -0.2) is 9.37 Å². The Hall–Kier alpha value is -3.54. The number of imidazole rings is 1. The number of halogens is 1. The van der Waals surface area contributed by atoms with Gasteiger partial charge in [0.25, 0.3) is 5.91 Å². The Bertz CT molecular complexity index is 1300. The predicted octanol–water partition coefficient (Wildman–Crippen LogP) is 5.10. The Kier molecular flexibility index (Phi) is 5.21. The number of rotatable bonds is 3. The molecule has 32 heavy (non-hydrogen) atoms. The lowest BCUT2D eigenvalue weighted by Crippen LogP contribution is -2.39. The summed E-state index contributed by atoms with van der Waals surface area (Å²) in [4.78, 5) is 24.3. The predicted molar refractivity (Wildman–Crippen MR) is 123 cm³/mol. The first-order valence-corrected chi connectivity index (χ1v) is 10.9. The molecular formula is C26H25FN4O. The van der Waals surface area contributed by atoms with Crippen LogP contribution in [0.5, 0.6) is 0 Å². The van der Waals surface area contributed by atoms with Gasteiger partial charge < -0.3 is 9.47 Å². The highest BCUT2D eigenvalue weighted by Gasteiger charge is 2.27. The topological polar surface area (TPSA) is 51.0 Å². The number of fused-ring (bicyclic) bond motifs is 1. The molecule has 4 aromatic rings. The van der Waals surface area contributed by atoms with Crippen molar-refractivity contribution < 1.29 is 9.18 Å². The minimum absolute atomic E-state index is 0.0358. The van der Waals surface area contributed by atoms with Gasteiger partial charge in [-0.15, -0.1) is 0 Å². The van der Waals surface area contributed by atoms with E-state index in [1.165, 1.54) is 12.1 Å². The summed E-state index contributed by atoms with van der Waals surface area (Å²) in [6, 6.07) is 16.3. The smallest absolute Gasteiger partial charge is 0.253 e. The van der Waals surface area contributed by atoms with Crippen LogP contribution in [-0.4, -0.2) is 38.4 Å². The van der Waals surface area contributed by atoms with Crippen LogP contribution >= 0.6 is 0 Å². The number of hydrogen-bond acceptors (Lipinski definition) is 3. The summed E-state index contributed by atoms with van der Waals surface area (Å²) in [5, 5.41) is 0. The third kappa shape index (κ3) is 3.88. The summed E-state index contributed by atoms with van der Waals surface area (Å²) in [6.45, 7) is 3.36. The number of likely N-dealkylation sites (tertiary alicyclic amines) is 1. The standard InChI is InChI=1S/C26H25FN4O/c1-17-12-21(18-5-8-22(27)9-6-18)14-23(29-17)20-4-3-11-31(15-20)26(32)19-7-10-25-24(13-19)28-16-30(25)2/h5-10,12-14,16,20H,3-4,11,15H2,1-2H3/t20-/m1/s1. The fraction of sp³-hybridized carbons (Fsp3) is 0.269. The van der Waals surface area contributed by atoms with E-state index in [0.717, 1.165) is 52.9 Å². The van der Waals surface area contributed by atoms with E-state index in [9.17, 15) is 9.18 Å². The van der Waals surface area contributed by atoms with Gasteiger partial charge in [0.05, 0.1) is 17.4 Å². The molecule has 0 aliphatic carbocycles. The summed E-state index contributed by atoms with van der Waals surface area (Å²) in [6.07, 6.45) is 3.68. The van der Waals surface area contributed by atoms with E-state index < -0.39 is 0 Å². The maximum atomic E-state index is 13.3. The van der Waals surface area contributed by atoms with Gasteiger partial charge in [0, 0.05) is 43.0 Å². The molecule has 0 spiro atoms. The number of aryl methyl sites for hydroxylation is 2. The van der Waals surface area contributed by atoms with Gasteiger partial charge >= 0.3 is 0 Å². The molecule has 0 saturated carbocycles. The average Bonchev–Trinajstić information content (AvgIpc) is 3.19. The van der Waals surface area contributed by atoms with E-state index in [1.54, 1.807) is 18.5 Å². The van der Waals surface area contributed by atoms with Crippen molar-refractivity contribution in [3.8, 4) is 11.1 Å². The Morgan fingerprint density at radius 3 is 2.69 bits per heavy atom. The second-order valence-corrected chi connectivity index (χ2v) is 8.58. The van der Waals surface area contributed by atoms with Crippen LogP contribution in [0.25, 0.3) is 22.2 Å². The van der Waals surface area contributed by atoms with Crippen molar-refractivity contribution in [1.29, 1.82) is 0 Å². The molecule has 1 saturated heterocycles. The zero-order chi connectivity index (χ0) is 22.2. The zero-order valence-corrected chi connectivity index (χ0v) is 18.3. The molecule has 0 N–H and O–H groups in total. The first kappa shape index (κ1) is 20.4. The monoisotopic (exact) mass is 428 g/mol. The zero-order valence-electron chi connectivity index (χ0n) is 18.3. The van der Waals surface area contributed by atoms with Crippen molar-refractivity contribution >= 4 is 16.9 Å². The van der Waals surface area contributed by atoms with Crippen LogP contribution in [0, 0.1) is 12.7 Å². The lowest BCUT2D eigenvalue weighted by Gasteiger charge is -2.33. The van der Waals surface area contributed by atoms with Crippen LogP contribution in [0.1, 0.15) is 40.5 Å². The van der Waals surface area contributed by atoms with Crippen molar-refractivity contribution in [2.75, 3.05) is 13.1 Å². The lowest BCUT2D eigenvalue weighted by atomic mass is 9.91. The normalized spacial score (nSPS) is 16.5. The quantitative estimate of drug-likeness (QED) is 0.456. The molecule has 3 heterocycles. The van der Waals surface area contributed by atoms with Crippen LogP contribution < -0.4 is 0 Å². The van der Waals surface area contributed by atoms with Gasteiger partial charge in [0.2, 0.25) is 0 Å². The van der Waals surface area contributed by atoms with Gasteiger partial charge in [0.15, 0.2) is 0 Å². The molecule has 1 atom stereocenters. The third-order valence-corrected chi connectivity index (χ3v) is 6.25. The molecule has 1 fully saturated rings. The summed E-state index contributed by atoms with van der Waals surface area (Å²) in [5.74, 6) is -0.0379. The third-order valence-electron chi connectivity index (χ3n) is 6.25. The molecule has 2 aromatic carbocycles. The summed E-state index contributed by atoms with van der Waals surface area (Å²) >= 11 is 0. The minimum atomic E-state index is -0.245. The molecule has 1 aliphatic heterocycles. The molecule has 2 aromatic heterocycles. The van der Waals surface area contributed by atoms with E-state index in [0.29, 0.717) is 12.1 Å². The number of carbonyl (C=O) groups excluding carboxylic acids is 1. The second kappa shape index (κ2) is 8.19. The van der Waals surface area contributed by atoms with Crippen LogP contribution in [0.3, 0.4) is 0 Å². The van der Waals surface area contributed by atoms with Crippen molar-refractivity contribution in [2.24, 2.45) is 7.05 Å². The molecule has 6 heteroatoms. The first-order valence-electron chi connectivity index (χ1n) is 10.9. The maximum absolute atomic E-state index is 13.3. The lowest BCUT2D eigenvalue weighted by molar-refractivity contribution is 0.0706. The van der Waals surface area contributed by atoms with Crippen molar-refractivity contribution in [1.82, 2.24) is 19.4 Å². The molecule has 0 bridgehead atoms. The number of aromatic nitrogens is 3. The number of amides is 1. The summed E-state index contributed by atoms with van der Waals surface area (Å²) in [7, 11) is 1.95. The molecular weight excluding hydrogens is 403 g/mol. The highest BCUT2D eigenvalue weighted by molar-refractivity contribution is 5.97. The van der Waals surface area contributed by atoms with Crippen LogP contribution in [0.2, 0.25) is 0 Å². The van der Waals surface area contributed by atoms with Crippen LogP contribution in [-0.2, 0) is 7.05 Å². The van der Waals surface area contributed by atoms with Gasteiger partial charge in [-0.2, -0.15) is 0 Å². The molecule has 1 amide bonds. The number of benzene rings is 2. The number of hydrogen-bond donors (Lipinski definition) is 0. The Balaban J connectivity index is 1.39. The van der Waals surface area contributed by atoms with E-state index >= 15 is 0 Å². The second-order valence-electron chi connectivity index (χ2n) is 8.58. The largest absolute Gasteiger partial charge is 0.338 e. The van der Waals surface area contributed by atoms with Crippen LogP contribution in [0.4, 0.5) is 4.39 Å². The van der Waals surface area contributed by atoms with Gasteiger partial charge in [-0.05, 0) is 73.4 Å². The highest BCUT2D eigenvalue weighted by Crippen LogP contribution is 2.30. The SMILES string of the molecule is Cc1cc(-c2ccc(F)cc2)cc([C@@H]2CCCN(C(=O)c3ccc4c(c3)ncn4C)C2)n1. The van der Waals surface area contributed by atoms with Crippen molar-refractivity contribution in [3.63, 3.8) is 0 Å². The van der Waals surface area contributed by atoms with E-state index in [-0.39, 0.29) is 17.6 Å².